The largest absolute Gasteiger partial charge is 0.465 e. The third-order valence-electron chi connectivity index (χ3n) is 3.22. The quantitative estimate of drug-likeness (QED) is 0.585. The van der Waals surface area contributed by atoms with E-state index in [2.05, 4.69) is 4.74 Å². The molecule has 0 saturated heterocycles. The van der Waals surface area contributed by atoms with Crippen LogP contribution in [0.3, 0.4) is 0 Å². The van der Waals surface area contributed by atoms with Gasteiger partial charge >= 0.3 is 18.1 Å². The maximum atomic E-state index is 13.8. The van der Waals surface area contributed by atoms with Crippen molar-refractivity contribution in [2.75, 3.05) is 13.4 Å². The summed E-state index contributed by atoms with van der Waals surface area (Å²) in [6, 6.07) is 0.931. The molecule has 0 unspecified atom stereocenters. The summed E-state index contributed by atoms with van der Waals surface area (Å²) < 4.78 is 93.5. The molecule has 0 aromatic heterocycles. The number of rotatable bonds is 5. The molecule has 0 heterocycles. The molecule has 0 N–H and O–H groups in total. The van der Waals surface area contributed by atoms with Gasteiger partial charge in [-0.1, -0.05) is 13.3 Å². The molecule has 1 aromatic carbocycles. The van der Waals surface area contributed by atoms with Crippen LogP contribution in [0.25, 0.3) is 0 Å². The minimum absolute atomic E-state index is 0.0508. The fourth-order valence-corrected chi connectivity index (χ4v) is 3.10. The van der Waals surface area contributed by atoms with E-state index >= 15 is 0 Å². The number of hydrogen-bond acceptors (Lipinski definition) is 4. The van der Waals surface area contributed by atoms with E-state index in [4.69, 9.17) is 0 Å². The standard InChI is InChI=1S/C14H15F5O4S/c1-4-5-8-6-10(13(15,16)14(17,18)19)9(12(20)23-2)7-11(8)24(3,21)22/h6-7H,4-5H2,1-3H3. The van der Waals surface area contributed by atoms with Crippen LogP contribution in [0.5, 0.6) is 0 Å². The van der Waals surface area contributed by atoms with E-state index in [9.17, 15) is 35.2 Å². The van der Waals surface area contributed by atoms with Crippen molar-refractivity contribution in [1.82, 2.24) is 0 Å². The highest BCUT2D eigenvalue weighted by molar-refractivity contribution is 7.90. The number of halogens is 5. The van der Waals surface area contributed by atoms with Crippen LogP contribution in [0.1, 0.15) is 34.8 Å². The van der Waals surface area contributed by atoms with Gasteiger partial charge in [-0.15, -0.1) is 0 Å². The van der Waals surface area contributed by atoms with Crippen LogP contribution in [0.2, 0.25) is 0 Å². The summed E-state index contributed by atoms with van der Waals surface area (Å²) in [7, 11) is -3.16. The molecular formula is C14H15F5O4S. The van der Waals surface area contributed by atoms with Crippen molar-refractivity contribution in [2.24, 2.45) is 0 Å². The lowest BCUT2D eigenvalue weighted by Gasteiger charge is -2.23. The zero-order valence-electron chi connectivity index (χ0n) is 13.0. The molecule has 4 nitrogen and oxygen atoms in total. The van der Waals surface area contributed by atoms with E-state index in [1.165, 1.54) is 0 Å². The molecule has 0 radical (unpaired) electrons. The molecule has 0 aliphatic carbocycles. The third kappa shape index (κ3) is 3.85. The normalized spacial score (nSPS) is 13.0. The number of hydrogen-bond donors (Lipinski definition) is 0. The second kappa shape index (κ2) is 6.66. The first-order chi connectivity index (χ1) is 10.8. The van der Waals surface area contributed by atoms with Gasteiger partial charge in [-0.05, 0) is 24.1 Å². The van der Waals surface area contributed by atoms with Crippen LogP contribution in [0, 0.1) is 0 Å². The number of aryl methyl sites for hydroxylation is 1. The highest BCUT2D eigenvalue weighted by Gasteiger charge is 2.60. The summed E-state index contributed by atoms with van der Waals surface area (Å²) >= 11 is 0. The molecular weight excluding hydrogens is 359 g/mol. The smallest absolute Gasteiger partial charge is 0.458 e. The lowest BCUT2D eigenvalue weighted by atomic mass is 9.96. The van der Waals surface area contributed by atoms with Gasteiger partial charge in [0, 0.05) is 11.8 Å². The Balaban J connectivity index is 3.88. The second-order valence-electron chi connectivity index (χ2n) is 5.09. The molecule has 0 aliphatic heterocycles. The van der Waals surface area contributed by atoms with Gasteiger partial charge in [0.15, 0.2) is 9.84 Å². The minimum Gasteiger partial charge on any atom is -0.465 e. The second-order valence-corrected chi connectivity index (χ2v) is 7.08. The van der Waals surface area contributed by atoms with Crippen LogP contribution < -0.4 is 0 Å². The van der Waals surface area contributed by atoms with E-state index in [1.807, 2.05) is 0 Å². The summed E-state index contributed by atoms with van der Waals surface area (Å²) in [5, 5.41) is 0. The molecule has 0 atom stereocenters. The number of esters is 1. The number of ether oxygens (including phenoxy) is 1. The monoisotopic (exact) mass is 374 g/mol. The maximum Gasteiger partial charge on any atom is 0.458 e. The topological polar surface area (TPSA) is 60.4 Å². The molecule has 0 saturated carbocycles. The van der Waals surface area contributed by atoms with E-state index in [-0.39, 0.29) is 12.0 Å². The van der Waals surface area contributed by atoms with Crippen molar-refractivity contribution in [2.45, 2.75) is 36.8 Å². The number of sulfone groups is 1. The average Bonchev–Trinajstić information content (AvgIpc) is 2.43. The number of methoxy groups -OCH3 is 1. The molecule has 24 heavy (non-hydrogen) atoms. The Hall–Kier alpha value is -1.71. The summed E-state index contributed by atoms with van der Waals surface area (Å²) in [5.41, 5.74) is -2.98. The van der Waals surface area contributed by atoms with Crippen LogP contribution in [-0.4, -0.2) is 33.9 Å². The predicted octanol–water partition coefficient (Wildman–Crippen LogP) is 3.48. The van der Waals surface area contributed by atoms with Gasteiger partial charge in [-0.2, -0.15) is 22.0 Å². The summed E-state index contributed by atoms with van der Waals surface area (Å²) in [5.74, 6) is -6.82. The first-order valence-electron chi connectivity index (χ1n) is 6.67. The van der Waals surface area contributed by atoms with E-state index in [0.29, 0.717) is 18.6 Å². The molecule has 0 bridgehead atoms. The van der Waals surface area contributed by atoms with Gasteiger partial charge in [0.05, 0.1) is 17.6 Å². The average molecular weight is 374 g/mol. The summed E-state index contributed by atoms with van der Waals surface area (Å²) in [6.45, 7) is 1.60. The van der Waals surface area contributed by atoms with Gasteiger partial charge in [0.1, 0.15) is 0 Å². The van der Waals surface area contributed by atoms with Gasteiger partial charge in [-0.3, -0.25) is 0 Å². The van der Waals surface area contributed by atoms with Crippen molar-refractivity contribution in [3.05, 3.63) is 28.8 Å². The van der Waals surface area contributed by atoms with Crippen molar-refractivity contribution in [1.29, 1.82) is 0 Å². The van der Waals surface area contributed by atoms with Crippen molar-refractivity contribution in [3.8, 4) is 0 Å². The lowest BCUT2D eigenvalue weighted by Crippen LogP contribution is -2.35. The number of alkyl halides is 5. The van der Waals surface area contributed by atoms with Crippen molar-refractivity contribution >= 4 is 15.8 Å². The molecule has 0 amide bonds. The Bertz CT molecular complexity index is 738. The van der Waals surface area contributed by atoms with Crippen LogP contribution in [0.15, 0.2) is 17.0 Å². The van der Waals surface area contributed by atoms with E-state index in [0.717, 1.165) is 13.4 Å². The molecule has 1 aromatic rings. The zero-order valence-corrected chi connectivity index (χ0v) is 13.8. The highest BCUT2D eigenvalue weighted by atomic mass is 32.2. The molecule has 1 rings (SSSR count). The van der Waals surface area contributed by atoms with Gasteiger partial charge < -0.3 is 4.74 Å². The molecule has 136 valence electrons. The molecule has 10 heteroatoms. The van der Waals surface area contributed by atoms with Gasteiger partial charge in [0.25, 0.3) is 0 Å². The lowest BCUT2D eigenvalue weighted by molar-refractivity contribution is -0.289. The first-order valence-corrected chi connectivity index (χ1v) is 8.56. The van der Waals surface area contributed by atoms with Gasteiger partial charge in [0.2, 0.25) is 0 Å². The highest BCUT2D eigenvalue weighted by Crippen LogP contribution is 2.46. The molecule has 0 fully saturated rings. The fourth-order valence-electron chi connectivity index (χ4n) is 2.13. The first kappa shape index (κ1) is 20.3. The zero-order chi connectivity index (χ0) is 18.9. The summed E-state index contributed by atoms with van der Waals surface area (Å²) in [4.78, 5) is 11.2. The molecule has 0 spiro atoms. The fraction of sp³-hybridized carbons (Fsp3) is 0.500. The molecule has 0 aliphatic rings. The number of carbonyl (C=O) groups is 1. The Kier molecular flexibility index (Phi) is 5.64. The Morgan fingerprint density at radius 1 is 1.17 bits per heavy atom. The minimum atomic E-state index is -5.95. The van der Waals surface area contributed by atoms with Crippen LogP contribution >= 0.6 is 0 Å². The third-order valence-corrected chi connectivity index (χ3v) is 4.40. The number of carbonyl (C=O) groups excluding carboxylic acids is 1. The Morgan fingerprint density at radius 2 is 1.71 bits per heavy atom. The predicted molar refractivity (Wildman–Crippen MR) is 74.8 cm³/mol. The Labute approximate surface area is 135 Å². The van der Waals surface area contributed by atoms with E-state index < -0.39 is 43.9 Å². The van der Waals surface area contributed by atoms with Crippen LogP contribution in [-0.2, 0) is 26.9 Å². The summed E-state index contributed by atoms with van der Waals surface area (Å²) in [6.07, 6.45) is -4.93. The van der Waals surface area contributed by atoms with Crippen molar-refractivity contribution in [3.63, 3.8) is 0 Å². The Morgan fingerprint density at radius 3 is 2.08 bits per heavy atom. The SMILES string of the molecule is CCCc1cc(C(F)(F)C(F)(F)F)c(C(=O)OC)cc1S(C)(=O)=O. The van der Waals surface area contributed by atoms with Crippen LogP contribution in [0.4, 0.5) is 22.0 Å². The maximum absolute atomic E-state index is 13.8. The number of benzene rings is 1. The van der Waals surface area contributed by atoms with Crippen molar-refractivity contribution < 1.29 is 39.9 Å². The van der Waals surface area contributed by atoms with E-state index in [1.54, 1.807) is 6.92 Å². The van der Waals surface area contributed by atoms with Gasteiger partial charge in [-0.25, -0.2) is 13.2 Å².